The summed E-state index contributed by atoms with van der Waals surface area (Å²) in [6.07, 6.45) is 0. The number of nitrogens with zero attached hydrogens (tertiary/aromatic N) is 1. The number of hydrogen-bond acceptors (Lipinski definition) is 3. The minimum atomic E-state index is -0.436. The minimum absolute atomic E-state index is 0.410. The van der Waals surface area contributed by atoms with E-state index in [2.05, 4.69) is 129 Å². The van der Waals surface area contributed by atoms with Crippen LogP contribution in [-0.2, 0) is 9.31 Å². The summed E-state index contributed by atoms with van der Waals surface area (Å²) in [5.41, 5.74) is 3.92. The fourth-order valence-electron chi connectivity index (χ4n) is 6.16. The molecule has 0 aliphatic carbocycles. The topological polar surface area (TPSA) is 23.4 Å². The van der Waals surface area contributed by atoms with E-state index < -0.39 is 18.3 Å². The third-order valence-corrected chi connectivity index (χ3v) is 10.0. The van der Waals surface area contributed by atoms with Gasteiger partial charge in [-0.2, -0.15) is 0 Å². The standard InChI is InChI=1S/C34H28BNO2S/c1-33(2)34(3,4)38-35(37-33)26-20-25-23-15-7-9-17-28(23)36(27-18-11-13-21-12-5-6-14-22(21)27)31(25)30-24-16-8-10-19-29(24)39-32(26)30/h5-20H,1-4H3. The van der Waals surface area contributed by atoms with Crippen LogP contribution in [0.15, 0.2) is 97.1 Å². The van der Waals surface area contributed by atoms with Crippen molar-refractivity contribution in [1.82, 2.24) is 4.57 Å². The predicted octanol–water partition coefficient (Wildman–Crippen LogP) is 8.60. The summed E-state index contributed by atoms with van der Waals surface area (Å²) in [5.74, 6) is 0. The van der Waals surface area contributed by atoms with Gasteiger partial charge in [0.05, 0.1) is 27.9 Å². The molecule has 1 fully saturated rings. The van der Waals surface area contributed by atoms with Crippen molar-refractivity contribution in [2.24, 2.45) is 0 Å². The van der Waals surface area contributed by atoms with E-state index >= 15 is 0 Å². The Morgan fingerprint density at radius 1 is 0.667 bits per heavy atom. The highest BCUT2D eigenvalue weighted by Gasteiger charge is 2.52. The lowest BCUT2D eigenvalue weighted by atomic mass is 9.77. The zero-order valence-electron chi connectivity index (χ0n) is 22.5. The molecular formula is C34H28BNO2S. The fourth-order valence-corrected chi connectivity index (χ4v) is 7.39. The first kappa shape index (κ1) is 23.3. The van der Waals surface area contributed by atoms with Crippen molar-refractivity contribution >= 4 is 76.7 Å². The first-order valence-electron chi connectivity index (χ1n) is 13.6. The molecule has 0 radical (unpaired) electrons. The van der Waals surface area contributed by atoms with E-state index in [0.29, 0.717) is 0 Å². The SMILES string of the molecule is CC1(C)OB(c2cc3c4ccccc4n(-c4cccc5ccccc45)c3c3c2sc2ccccc23)OC1(C)C. The van der Waals surface area contributed by atoms with Gasteiger partial charge in [-0.1, -0.05) is 78.9 Å². The third-order valence-electron chi connectivity index (χ3n) is 8.82. The molecule has 3 nitrogen and oxygen atoms in total. The van der Waals surface area contributed by atoms with E-state index in [4.69, 9.17) is 9.31 Å². The van der Waals surface area contributed by atoms with Crippen LogP contribution in [0.1, 0.15) is 27.7 Å². The lowest BCUT2D eigenvalue weighted by molar-refractivity contribution is 0.00578. The van der Waals surface area contributed by atoms with Crippen molar-refractivity contribution in [2.45, 2.75) is 38.9 Å². The second-order valence-corrected chi connectivity index (χ2v) is 12.7. The van der Waals surface area contributed by atoms with Crippen LogP contribution in [0.3, 0.4) is 0 Å². The van der Waals surface area contributed by atoms with Gasteiger partial charge in [-0.25, -0.2) is 0 Å². The third kappa shape index (κ3) is 3.18. The predicted molar refractivity (Wildman–Crippen MR) is 167 cm³/mol. The first-order valence-corrected chi connectivity index (χ1v) is 14.4. The quantitative estimate of drug-likeness (QED) is 0.211. The molecule has 0 spiro atoms. The normalized spacial score (nSPS) is 16.9. The van der Waals surface area contributed by atoms with Gasteiger partial charge in [-0.05, 0) is 51.3 Å². The molecule has 39 heavy (non-hydrogen) atoms. The maximum Gasteiger partial charge on any atom is 0.496 e. The summed E-state index contributed by atoms with van der Waals surface area (Å²) in [4.78, 5) is 0. The second-order valence-electron chi connectivity index (χ2n) is 11.6. The Hall–Kier alpha value is -3.64. The largest absolute Gasteiger partial charge is 0.496 e. The Morgan fingerprint density at radius 3 is 2.10 bits per heavy atom. The van der Waals surface area contributed by atoms with Crippen LogP contribution in [0.2, 0.25) is 0 Å². The molecule has 1 saturated heterocycles. The van der Waals surface area contributed by atoms with E-state index in [1.54, 1.807) is 0 Å². The summed E-state index contributed by atoms with van der Waals surface area (Å²) < 4.78 is 18.3. The van der Waals surface area contributed by atoms with Crippen molar-refractivity contribution in [3.63, 3.8) is 0 Å². The molecule has 1 aliphatic rings. The molecule has 7 aromatic rings. The van der Waals surface area contributed by atoms with Gasteiger partial charge in [0.25, 0.3) is 0 Å². The second kappa shape index (κ2) is 7.95. The van der Waals surface area contributed by atoms with Crippen molar-refractivity contribution in [3.05, 3.63) is 97.1 Å². The maximum absolute atomic E-state index is 6.64. The van der Waals surface area contributed by atoms with Crippen LogP contribution >= 0.6 is 11.3 Å². The monoisotopic (exact) mass is 525 g/mol. The highest BCUT2D eigenvalue weighted by Crippen LogP contribution is 2.45. The molecule has 8 rings (SSSR count). The number of benzene rings is 5. The highest BCUT2D eigenvalue weighted by molar-refractivity contribution is 7.27. The highest BCUT2D eigenvalue weighted by atomic mass is 32.1. The molecule has 0 N–H and O–H groups in total. The molecule has 1 aliphatic heterocycles. The number of thiophene rings is 1. The molecular weight excluding hydrogens is 497 g/mol. The smallest absolute Gasteiger partial charge is 0.399 e. The van der Waals surface area contributed by atoms with Gasteiger partial charge < -0.3 is 13.9 Å². The molecule has 0 atom stereocenters. The van der Waals surface area contributed by atoms with E-state index in [-0.39, 0.29) is 0 Å². The van der Waals surface area contributed by atoms with Gasteiger partial charge >= 0.3 is 7.12 Å². The van der Waals surface area contributed by atoms with Gasteiger partial charge in [0.15, 0.2) is 0 Å². The lowest BCUT2D eigenvalue weighted by Gasteiger charge is -2.32. The molecule has 190 valence electrons. The van der Waals surface area contributed by atoms with Crippen LogP contribution in [0.4, 0.5) is 0 Å². The summed E-state index contributed by atoms with van der Waals surface area (Å²) in [7, 11) is -0.436. The Balaban J connectivity index is 1.57. The zero-order chi connectivity index (χ0) is 26.5. The molecule has 0 saturated carbocycles. The van der Waals surface area contributed by atoms with Crippen molar-refractivity contribution in [3.8, 4) is 5.69 Å². The van der Waals surface area contributed by atoms with Crippen LogP contribution < -0.4 is 5.46 Å². The first-order chi connectivity index (χ1) is 18.8. The molecule has 0 bridgehead atoms. The molecule has 0 unspecified atom stereocenters. The van der Waals surface area contributed by atoms with Gasteiger partial charge in [0.2, 0.25) is 0 Å². The van der Waals surface area contributed by atoms with Crippen LogP contribution in [-0.4, -0.2) is 22.9 Å². The molecule has 5 aromatic carbocycles. The Morgan fingerprint density at radius 2 is 1.31 bits per heavy atom. The summed E-state index contributed by atoms with van der Waals surface area (Å²) in [6.45, 7) is 8.50. The van der Waals surface area contributed by atoms with Gasteiger partial charge in [-0.3, -0.25) is 0 Å². The number of rotatable bonds is 2. The van der Waals surface area contributed by atoms with Gasteiger partial charge in [0.1, 0.15) is 0 Å². The van der Waals surface area contributed by atoms with Crippen LogP contribution in [0.25, 0.3) is 58.4 Å². The van der Waals surface area contributed by atoms with E-state index in [9.17, 15) is 0 Å². The molecule has 5 heteroatoms. The number of para-hydroxylation sites is 1. The minimum Gasteiger partial charge on any atom is -0.399 e. The van der Waals surface area contributed by atoms with Crippen LogP contribution in [0.5, 0.6) is 0 Å². The molecule has 2 aromatic heterocycles. The van der Waals surface area contributed by atoms with Crippen molar-refractivity contribution in [1.29, 1.82) is 0 Å². The van der Waals surface area contributed by atoms with E-state index in [1.807, 2.05) is 11.3 Å². The number of hydrogen-bond donors (Lipinski definition) is 0. The zero-order valence-corrected chi connectivity index (χ0v) is 23.3. The van der Waals surface area contributed by atoms with E-state index in [0.717, 1.165) is 5.46 Å². The van der Waals surface area contributed by atoms with Crippen molar-refractivity contribution < 1.29 is 9.31 Å². The Labute approximate surface area is 231 Å². The number of aromatic nitrogens is 1. The maximum atomic E-state index is 6.64. The van der Waals surface area contributed by atoms with Gasteiger partial charge in [-0.15, -0.1) is 11.3 Å². The van der Waals surface area contributed by atoms with E-state index in [1.165, 1.54) is 58.4 Å². The fraction of sp³-hybridized carbons (Fsp3) is 0.176. The summed E-state index contributed by atoms with van der Waals surface area (Å²) in [6, 6.07) is 35.1. The summed E-state index contributed by atoms with van der Waals surface area (Å²) >= 11 is 1.83. The summed E-state index contributed by atoms with van der Waals surface area (Å²) in [5, 5.41) is 7.47. The average molecular weight is 525 g/mol. The lowest BCUT2D eigenvalue weighted by Crippen LogP contribution is -2.41. The van der Waals surface area contributed by atoms with Crippen LogP contribution in [0, 0.1) is 0 Å². The van der Waals surface area contributed by atoms with Crippen molar-refractivity contribution in [2.75, 3.05) is 0 Å². The molecule has 0 amide bonds. The molecule has 3 heterocycles. The average Bonchev–Trinajstić information content (AvgIpc) is 3.54. The van der Waals surface area contributed by atoms with Gasteiger partial charge in [0, 0.05) is 41.8 Å². The Bertz CT molecular complexity index is 2080. The number of fused-ring (bicyclic) bond motifs is 8. The Kier molecular flexibility index (Phi) is 4.74.